The molecular weight excluding hydrogens is 134 g/mol. The zero-order chi connectivity index (χ0) is 7.68. The van der Waals surface area contributed by atoms with Crippen LogP contribution in [0.25, 0.3) is 0 Å². The lowest BCUT2D eigenvalue weighted by molar-refractivity contribution is 0.784. The lowest BCUT2D eigenvalue weighted by Crippen LogP contribution is -2.12. The largest absolute Gasteiger partial charge is 0.285 e. The van der Waals surface area contributed by atoms with E-state index in [9.17, 15) is 0 Å². The van der Waals surface area contributed by atoms with Gasteiger partial charge in [0.1, 0.15) is 0 Å². The first-order valence-electron chi connectivity index (χ1n) is 3.95. The zero-order valence-electron chi connectivity index (χ0n) is 6.62. The second-order valence-electron chi connectivity index (χ2n) is 2.95. The van der Waals surface area contributed by atoms with E-state index in [2.05, 4.69) is 30.1 Å². The summed E-state index contributed by atoms with van der Waals surface area (Å²) in [6.45, 7) is 2.14. The Balaban J connectivity index is 2.43. The smallest absolute Gasteiger partial charge is 0.0786 e. The maximum atomic E-state index is 4.38. The SMILES string of the molecule is CC1=C2C=CC=NC2CC=C1. The summed E-state index contributed by atoms with van der Waals surface area (Å²) >= 11 is 0. The molecule has 1 aliphatic carbocycles. The monoisotopic (exact) mass is 145 g/mol. The van der Waals surface area contributed by atoms with Gasteiger partial charge in [0.15, 0.2) is 0 Å². The predicted molar refractivity (Wildman–Crippen MR) is 47.9 cm³/mol. The number of rotatable bonds is 0. The average molecular weight is 145 g/mol. The van der Waals surface area contributed by atoms with E-state index in [4.69, 9.17) is 0 Å². The Labute approximate surface area is 66.8 Å². The Hall–Kier alpha value is -1.11. The van der Waals surface area contributed by atoms with Gasteiger partial charge in [-0.05, 0) is 30.6 Å². The molecule has 0 aromatic heterocycles. The van der Waals surface area contributed by atoms with Crippen LogP contribution < -0.4 is 0 Å². The van der Waals surface area contributed by atoms with Gasteiger partial charge < -0.3 is 0 Å². The number of aliphatic imine (C=N–C) groups is 1. The Bertz CT molecular complexity index is 279. The van der Waals surface area contributed by atoms with Gasteiger partial charge in [0.05, 0.1) is 6.04 Å². The van der Waals surface area contributed by atoms with Crippen LogP contribution in [-0.4, -0.2) is 12.3 Å². The summed E-state index contributed by atoms with van der Waals surface area (Å²) in [5.41, 5.74) is 2.74. The molecule has 2 rings (SSSR count). The molecule has 1 aliphatic heterocycles. The van der Waals surface area contributed by atoms with E-state index >= 15 is 0 Å². The van der Waals surface area contributed by atoms with E-state index < -0.39 is 0 Å². The molecule has 0 saturated heterocycles. The molecule has 1 atom stereocenters. The van der Waals surface area contributed by atoms with Crippen molar-refractivity contribution in [1.29, 1.82) is 0 Å². The van der Waals surface area contributed by atoms with Crippen molar-refractivity contribution in [2.24, 2.45) is 4.99 Å². The normalized spacial score (nSPS) is 27.5. The van der Waals surface area contributed by atoms with E-state index in [1.165, 1.54) is 11.1 Å². The predicted octanol–water partition coefficient (Wildman–Crippen LogP) is 2.27. The molecule has 0 N–H and O–H groups in total. The summed E-state index contributed by atoms with van der Waals surface area (Å²) < 4.78 is 0. The van der Waals surface area contributed by atoms with Crippen LogP contribution >= 0.6 is 0 Å². The minimum Gasteiger partial charge on any atom is -0.285 e. The molecule has 0 saturated carbocycles. The van der Waals surface area contributed by atoms with Crippen LogP contribution in [0.15, 0.2) is 40.4 Å². The molecule has 1 heteroatoms. The van der Waals surface area contributed by atoms with Gasteiger partial charge in [-0.15, -0.1) is 0 Å². The summed E-state index contributed by atoms with van der Waals surface area (Å²) in [4.78, 5) is 4.38. The average Bonchev–Trinajstić information content (AvgIpc) is 2.06. The first-order valence-corrected chi connectivity index (χ1v) is 3.95. The molecule has 1 heterocycles. The number of allylic oxidation sites excluding steroid dienone is 3. The highest BCUT2D eigenvalue weighted by Crippen LogP contribution is 2.24. The van der Waals surface area contributed by atoms with Gasteiger partial charge in [0.2, 0.25) is 0 Å². The molecule has 0 aromatic rings. The van der Waals surface area contributed by atoms with Gasteiger partial charge in [0.25, 0.3) is 0 Å². The first kappa shape index (κ1) is 6.59. The van der Waals surface area contributed by atoms with Crippen LogP contribution in [0.5, 0.6) is 0 Å². The first-order chi connectivity index (χ1) is 5.38. The third-order valence-electron chi connectivity index (χ3n) is 2.17. The zero-order valence-corrected chi connectivity index (χ0v) is 6.62. The molecule has 56 valence electrons. The van der Waals surface area contributed by atoms with Crippen molar-refractivity contribution >= 4 is 6.21 Å². The third-order valence-corrected chi connectivity index (χ3v) is 2.17. The molecule has 0 bridgehead atoms. The van der Waals surface area contributed by atoms with Gasteiger partial charge >= 0.3 is 0 Å². The summed E-state index contributed by atoms with van der Waals surface area (Å²) in [6, 6.07) is 0.407. The number of fused-ring (bicyclic) bond motifs is 1. The van der Waals surface area contributed by atoms with E-state index in [0.717, 1.165) is 6.42 Å². The molecule has 2 aliphatic rings. The lowest BCUT2D eigenvalue weighted by atomic mass is 9.92. The molecule has 0 fully saturated rings. The Morgan fingerprint density at radius 2 is 2.36 bits per heavy atom. The van der Waals surface area contributed by atoms with E-state index in [1.54, 1.807) is 0 Å². The standard InChI is InChI=1S/C10H11N/c1-8-4-2-6-10-9(8)5-3-7-11-10/h2-5,7,10H,6H2,1H3. The number of hydrogen-bond acceptors (Lipinski definition) is 1. The van der Waals surface area contributed by atoms with Crippen molar-refractivity contribution in [2.75, 3.05) is 0 Å². The summed E-state index contributed by atoms with van der Waals surface area (Å²) in [7, 11) is 0. The second kappa shape index (κ2) is 2.50. The fourth-order valence-electron chi connectivity index (χ4n) is 1.54. The Kier molecular flexibility index (Phi) is 1.50. The maximum Gasteiger partial charge on any atom is 0.0786 e. The van der Waals surface area contributed by atoms with Crippen LogP contribution in [0.3, 0.4) is 0 Å². The quantitative estimate of drug-likeness (QED) is 0.496. The topological polar surface area (TPSA) is 12.4 Å². The van der Waals surface area contributed by atoms with Gasteiger partial charge in [-0.2, -0.15) is 0 Å². The fourth-order valence-corrected chi connectivity index (χ4v) is 1.54. The Morgan fingerprint density at radius 1 is 1.45 bits per heavy atom. The molecule has 0 spiro atoms. The van der Waals surface area contributed by atoms with Gasteiger partial charge in [-0.25, -0.2) is 0 Å². The van der Waals surface area contributed by atoms with Crippen molar-refractivity contribution < 1.29 is 0 Å². The Morgan fingerprint density at radius 3 is 3.18 bits per heavy atom. The van der Waals surface area contributed by atoms with Crippen molar-refractivity contribution in [3.05, 3.63) is 35.5 Å². The van der Waals surface area contributed by atoms with Crippen LogP contribution in [-0.2, 0) is 0 Å². The third kappa shape index (κ3) is 1.07. The lowest BCUT2D eigenvalue weighted by Gasteiger charge is -2.19. The molecule has 11 heavy (non-hydrogen) atoms. The minimum absolute atomic E-state index is 0.407. The number of nitrogens with zero attached hydrogens (tertiary/aromatic N) is 1. The van der Waals surface area contributed by atoms with Gasteiger partial charge in [-0.1, -0.05) is 18.2 Å². The molecule has 0 amide bonds. The van der Waals surface area contributed by atoms with Crippen LogP contribution in [0.1, 0.15) is 13.3 Å². The van der Waals surface area contributed by atoms with Crippen LogP contribution in [0.4, 0.5) is 0 Å². The van der Waals surface area contributed by atoms with Crippen LogP contribution in [0, 0.1) is 0 Å². The van der Waals surface area contributed by atoms with Crippen molar-refractivity contribution in [3.63, 3.8) is 0 Å². The highest BCUT2D eigenvalue weighted by molar-refractivity contribution is 5.75. The summed E-state index contributed by atoms with van der Waals surface area (Å²) in [6.07, 6.45) is 11.5. The molecule has 0 aromatic carbocycles. The van der Waals surface area contributed by atoms with Crippen LogP contribution in [0.2, 0.25) is 0 Å². The summed E-state index contributed by atoms with van der Waals surface area (Å²) in [5.74, 6) is 0. The van der Waals surface area contributed by atoms with Crippen molar-refractivity contribution in [2.45, 2.75) is 19.4 Å². The molecule has 1 unspecified atom stereocenters. The molecule has 1 nitrogen and oxygen atoms in total. The van der Waals surface area contributed by atoms with Crippen molar-refractivity contribution in [3.8, 4) is 0 Å². The van der Waals surface area contributed by atoms with Gasteiger partial charge in [0, 0.05) is 6.21 Å². The minimum atomic E-state index is 0.407. The van der Waals surface area contributed by atoms with Crippen molar-refractivity contribution in [1.82, 2.24) is 0 Å². The number of hydrogen-bond donors (Lipinski definition) is 0. The van der Waals surface area contributed by atoms with E-state index in [1.807, 2.05) is 12.3 Å². The van der Waals surface area contributed by atoms with E-state index in [0.29, 0.717) is 6.04 Å². The number of dihydropyridines is 1. The highest BCUT2D eigenvalue weighted by atomic mass is 14.8. The fraction of sp³-hybridized carbons (Fsp3) is 0.300. The second-order valence-corrected chi connectivity index (χ2v) is 2.95. The molecule has 0 radical (unpaired) electrons. The van der Waals surface area contributed by atoms with Gasteiger partial charge in [-0.3, -0.25) is 4.99 Å². The maximum absolute atomic E-state index is 4.38. The molecular formula is C10H11N. The summed E-state index contributed by atoms with van der Waals surface area (Å²) in [5, 5.41) is 0. The van der Waals surface area contributed by atoms with E-state index in [-0.39, 0.29) is 0 Å². The highest BCUT2D eigenvalue weighted by Gasteiger charge is 2.15.